The lowest BCUT2D eigenvalue weighted by atomic mass is 10.1. The van der Waals surface area contributed by atoms with E-state index in [9.17, 15) is 9.59 Å². The molecule has 2 fully saturated rings. The van der Waals surface area contributed by atoms with Gasteiger partial charge in [0.15, 0.2) is 0 Å². The number of likely N-dealkylation sites (tertiary alicyclic amines) is 1. The van der Waals surface area contributed by atoms with Crippen LogP contribution in [0.25, 0.3) is 0 Å². The molecule has 2 atom stereocenters. The molecule has 2 aliphatic heterocycles. The topological polar surface area (TPSA) is 46.6 Å². The summed E-state index contributed by atoms with van der Waals surface area (Å²) in [6.07, 6.45) is -0.447. The summed E-state index contributed by atoms with van der Waals surface area (Å²) >= 11 is 0. The third kappa shape index (κ3) is 0.455. The van der Waals surface area contributed by atoms with Gasteiger partial charge in [-0.25, -0.2) is 0 Å². The molecule has 0 aliphatic carbocycles. The van der Waals surface area contributed by atoms with E-state index in [0.29, 0.717) is 6.61 Å². The van der Waals surface area contributed by atoms with Gasteiger partial charge in [-0.3, -0.25) is 9.59 Å². The van der Waals surface area contributed by atoms with Gasteiger partial charge >= 0.3 is 0 Å². The fraction of sp³-hybridized carbons (Fsp3) is 0.667. The number of likely N-dealkylation sites (N-methyl/N-ethyl adjacent to an activating group) is 1. The van der Waals surface area contributed by atoms with Gasteiger partial charge in [-0.15, -0.1) is 0 Å². The van der Waals surface area contributed by atoms with Crippen molar-refractivity contribution in [3.8, 4) is 0 Å². The number of hydrogen-bond acceptors (Lipinski definition) is 3. The molecule has 0 spiro atoms. The van der Waals surface area contributed by atoms with Gasteiger partial charge in [0, 0.05) is 7.05 Å². The lowest BCUT2D eigenvalue weighted by Gasteiger charge is -2.31. The molecule has 0 aromatic rings. The highest BCUT2D eigenvalue weighted by atomic mass is 16.5. The van der Waals surface area contributed by atoms with Gasteiger partial charge in [-0.2, -0.15) is 0 Å². The normalized spacial score (nSPS) is 37.9. The van der Waals surface area contributed by atoms with E-state index in [1.54, 1.807) is 7.05 Å². The Hall–Kier alpha value is -0.900. The van der Waals surface area contributed by atoms with Gasteiger partial charge in [0.25, 0.3) is 11.7 Å². The zero-order valence-corrected chi connectivity index (χ0v) is 5.53. The van der Waals surface area contributed by atoms with E-state index in [0.717, 1.165) is 0 Å². The number of carbonyl (C=O) groups is 2. The molecule has 54 valence electrons. The van der Waals surface area contributed by atoms with Gasteiger partial charge in [0.2, 0.25) is 0 Å². The summed E-state index contributed by atoms with van der Waals surface area (Å²) in [6, 6.07) is 0.0278. The van der Waals surface area contributed by atoms with Crippen molar-refractivity contribution in [2.75, 3.05) is 13.7 Å². The number of carbonyl (C=O) groups excluding carboxylic acids is 2. The average molecular weight is 141 g/mol. The Balaban J connectivity index is 2.30. The molecule has 0 bridgehead atoms. The monoisotopic (exact) mass is 141 g/mol. The van der Waals surface area contributed by atoms with Gasteiger partial charge in [0.05, 0.1) is 12.6 Å². The van der Waals surface area contributed by atoms with Crippen LogP contribution in [0.3, 0.4) is 0 Å². The number of hydrogen-bond donors (Lipinski definition) is 0. The molecule has 2 aliphatic rings. The largest absolute Gasteiger partial charge is 0.365 e. The number of rotatable bonds is 0. The zero-order chi connectivity index (χ0) is 7.30. The Morgan fingerprint density at radius 1 is 1.60 bits per heavy atom. The molecule has 2 saturated heterocycles. The van der Waals surface area contributed by atoms with Gasteiger partial charge < -0.3 is 9.64 Å². The molecule has 2 heterocycles. The first kappa shape index (κ1) is 5.85. The van der Waals surface area contributed by atoms with Crippen LogP contribution < -0.4 is 0 Å². The Labute approximate surface area is 57.7 Å². The predicted molar refractivity (Wildman–Crippen MR) is 31.3 cm³/mol. The molecule has 0 radical (unpaired) electrons. The first-order chi connectivity index (χ1) is 4.72. The zero-order valence-electron chi connectivity index (χ0n) is 5.53. The minimum Gasteiger partial charge on any atom is -0.365 e. The molecule has 2 rings (SSSR count). The standard InChI is InChI=1S/C6H7NO3/c1-7-3-2-10-5(3)4(8)6(7)9/h3,5H,2H2,1H3/t3-,5+/m0/s1. The second-order valence-corrected chi connectivity index (χ2v) is 2.60. The van der Waals surface area contributed by atoms with Crippen molar-refractivity contribution in [1.82, 2.24) is 4.90 Å². The van der Waals surface area contributed by atoms with Crippen LogP contribution in [0.5, 0.6) is 0 Å². The highest BCUT2D eigenvalue weighted by Crippen LogP contribution is 2.25. The first-order valence-electron chi connectivity index (χ1n) is 3.14. The van der Waals surface area contributed by atoms with E-state index in [-0.39, 0.29) is 6.04 Å². The van der Waals surface area contributed by atoms with Crippen LogP contribution in [0.2, 0.25) is 0 Å². The van der Waals surface area contributed by atoms with Crippen molar-refractivity contribution in [2.45, 2.75) is 12.1 Å². The van der Waals surface area contributed by atoms with Crippen molar-refractivity contribution in [1.29, 1.82) is 0 Å². The van der Waals surface area contributed by atoms with E-state index in [1.165, 1.54) is 4.90 Å². The third-order valence-electron chi connectivity index (χ3n) is 2.08. The lowest BCUT2D eigenvalue weighted by molar-refractivity contribution is -0.144. The summed E-state index contributed by atoms with van der Waals surface area (Å²) in [5.41, 5.74) is 0. The molecule has 0 unspecified atom stereocenters. The van der Waals surface area contributed by atoms with Crippen molar-refractivity contribution >= 4 is 11.7 Å². The summed E-state index contributed by atoms with van der Waals surface area (Å²) in [6.45, 7) is 0.513. The summed E-state index contributed by atoms with van der Waals surface area (Å²) in [5.74, 6) is -0.800. The van der Waals surface area contributed by atoms with Crippen molar-refractivity contribution in [3.63, 3.8) is 0 Å². The summed E-state index contributed by atoms with van der Waals surface area (Å²) in [5, 5.41) is 0. The Morgan fingerprint density at radius 3 is 2.50 bits per heavy atom. The molecule has 10 heavy (non-hydrogen) atoms. The maximum atomic E-state index is 10.9. The summed E-state index contributed by atoms with van der Waals surface area (Å²) < 4.78 is 4.90. The maximum absolute atomic E-state index is 10.9. The molecular weight excluding hydrogens is 134 g/mol. The molecule has 0 saturated carbocycles. The van der Waals surface area contributed by atoms with Crippen LogP contribution in [-0.4, -0.2) is 42.4 Å². The molecule has 0 N–H and O–H groups in total. The minimum absolute atomic E-state index is 0.0278. The Bertz CT molecular complexity index is 197. The maximum Gasteiger partial charge on any atom is 0.293 e. The minimum atomic E-state index is -0.447. The van der Waals surface area contributed by atoms with Crippen LogP contribution in [0.1, 0.15) is 0 Å². The molecule has 4 heteroatoms. The van der Waals surface area contributed by atoms with E-state index >= 15 is 0 Å². The second-order valence-electron chi connectivity index (χ2n) is 2.60. The van der Waals surface area contributed by atoms with Gasteiger partial charge in [-0.1, -0.05) is 0 Å². The van der Waals surface area contributed by atoms with Crippen LogP contribution in [0.4, 0.5) is 0 Å². The first-order valence-corrected chi connectivity index (χ1v) is 3.14. The third-order valence-corrected chi connectivity index (χ3v) is 2.08. The van der Waals surface area contributed by atoms with E-state index in [2.05, 4.69) is 0 Å². The quantitative estimate of drug-likeness (QED) is 0.398. The molecule has 0 aromatic carbocycles. The molecule has 4 nitrogen and oxygen atoms in total. The predicted octanol–water partition coefficient (Wildman–Crippen LogP) is -1.21. The number of ether oxygens (including phenoxy) is 1. The molecule has 1 amide bonds. The number of nitrogens with zero attached hydrogens (tertiary/aromatic N) is 1. The summed E-state index contributed by atoms with van der Waals surface area (Å²) in [4.78, 5) is 23.2. The molecule has 0 aromatic heterocycles. The molecular formula is C6H7NO3. The van der Waals surface area contributed by atoms with Crippen molar-refractivity contribution < 1.29 is 14.3 Å². The highest BCUT2D eigenvalue weighted by Gasteiger charge is 2.52. The number of fused-ring (bicyclic) bond motifs is 1. The second kappa shape index (κ2) is 1.58. The average Bonchev–Trinajstić information content (AvgIpc) is 1.92. The fourth-order valence-electron chi connectivity index (χ4n) is 1.29. The highest BCUT2D eigenvalue weighted by molar-refractivity contribution is 6.40. The lowest BCUT2D eigenvalue weighted by Crippen LogP contribution is -2.49. The van der Waals surface area contributed by atoms with Crippen LogP contribution in [0, 0.1) is 0 Å². The Kier molecular flexibility index (Phi) is 0.922. The fourth-order valence-corrected chi connectivity index (χ4v) is 1.29. The van der Waals surface area contributed by atoms with Crippen LogP contribution in [0.15, 0.2) is 0 Å². The number of amides is 1. The SMILES string of the molecule is CN1C(=O)C(=O)[C@@H]2OC[C@@H]21. The van der Waals surface area contributed by atoms with E-state index < -0.39 is 17.8 Å². The van der Waals surface area contributed by atoms with E-state index in [1.807, 2.05) is 0 Å². The van der Waals surface area contributed by atoms with Crippen LogP contribution in [-0.2, 0) is 14.3 Å². The number of Topliss-reactive ketones (excluding diaryl/α,β-unsaturated/α-hetero) is 1. The van der Waals surface area contributed by atoms with Crippen molar-refractivity contribution in [2.24, 2.45) is 0 Å². The van der Waals surface area contributed by atoms with Gasteiger partial charge in [-0.05, 0) is 0 Å². The number of ketones is 1. The Morgan fingerprint density at radius 2 is 2.30 bits per heavy atom. The van der Waals surface area contributed by atoms with Gasteiger partial charge in [0.1, 0.15) is 6.10 Å². The summed E-state index contributed by atoms with van der Waals surface area (Å²) in [7, 11) is 1.63. The van der Waals surface area contributed by atoms with Crippen molar-refractivity contribution in [3.05, 3.63) is 0 Å². The smallest absolute Gasteiger partial charge is 0.293 e. The van der Waals surface area contributed by atoms with E-state index in [4.69, 9.17) is 4.74 Å². The van der Waals surface area contributed by atoms with Crippen LogP contribution >= 0.6 is 0 Å².